The zero-order chi connectivity index (χ0) is 13.9. The normalized spacial score (nSPS) is 11.2. The molecule has 18 heavy (non-hydrogen) atoms. The van der Waals surface area contributed by atoms with Gasteiger partial charge in [-0.2, -0.15) is 0 Å². The summed E-state index contributed by atoms with van der Waals surface area (Å²) >= 11 is 0. The molecule has 0 fully saturated rings. The van der Waals surface area contributed by atoms with Gasteiger partial charge < -0.3 is 10.2 Å². The van der Waals surface area contributed by atoms with Crippen molar-refractivity contribution in [3.05, 3.63) is 23.3 Å². The predicted octanol–water partition coefficient (Wildman–Crippen LogP) is 1.23. The van der Waals surface area contributed by atoms with Crippen molar-refractivity contribution in [2.45, 2.75) is 20.3 Å². The molecule has 0 aliphatic heterocycles. The first-order valence-corrected chi connectivity index (χ1v) is 6.89. The molecule has 0 saturated carbocycles. The van der Waals surface area contributed by atoms with Crippen molar-refractivity contribution in [1.29, 1.82) is 0 Å². The molecule has 1 rings (SSSR count). The van der Waals surface area contributed by atoms with Gasteiger partial charge in [0.2, 0.25) is 10.0 Å². The third-order valence-corrected chi connectivity index (χ3v) is 3.76. The van der Waals surface area contributed by atoms with Crippen LogP contribution in [0.15, 0.2) is 12.1 Å². The number of aromatic hydroxyl groups is 1. The molecule has 0 aromatic heterocycles. The number of phenols is 1. The Labute approximate surface area is 105 Å². The molecule has 7 heteroatoms. The predicted molar refractivity (Wildman–Crippen MR) is 67.2 cm³/mol. The lowest BCUT2D eigenvalue weighted by Gasteiger charge is -2.12. The van der Waals surface area contributed by atoms with Crippen molar-refractivity contribution in [3.8, 4) is 5.75 Å². The van der Waals surface area contributed by atoms with Gasteiger partial charge in [0.25, 0.3) is 0 Å². The number of sulfonamides is 1. The number of carbonyl (C=O) groups is 1. The fourth-order valence-corrected chi connectivity index (χ4v) is 2.49. The van der Waals surface area contributed by atoms with E-state index in [1.807, 2.05) is 0 Å². The van der Waals surface area contributed by atoms with Crippen LogP contribution in [-0.4, -0.2) is 30.4 Å². The lowest BCUT2D eigenvalue weighted by molar-refractivity contribution is -0.136. The standard InChI is InChI=1S/C11H15NO5S/c1-7-3-4-9(8(2)11(7)15)12-18(16,17)6-5-10(13)14/h3-4,12,15H,5-6H2,1-2H3,(H,13,14). The van der Waals surface area contributed by atoms with Gasteiger partial charge in [-0.25, -0.2) is 8.42 Å². The van der Waals surface area contributed by atoms with Crippen molar-refractivity contribution < 1.29 is 23.4 Å². The Balaban J connectivity index is 2.91. The molecule has 3 N–H and O–H groups in total. The largest absolute Gasteiger partial charge is 0.507 e. The van der Waals surface area contributed by atoms with E-state index in [0.717, 1.165) is 0 Å². The summed E-state index contributed by atoms with van der Waals surface area (Å²) in [7, 11) is -3.72. The molecule has 0 atom stereocenters. The van der Waals surface area contributed by atoms with E-state index in [-0.39, 0.29) is 11.4 Å². The highest BCUT2D eigenvalue weighted by atomic mass is 32.2. The van der Waals surface area contributed by atoms with Gasteiger partial charge in [0.1, 0.15) is 5.75 Å². The summed E-state index contributed by atoms with van der Waals surface area (Å²) in [6.45, 7) is 3.28. The van der Waals surface area contributed by atoms with Crippen molar-refractivity contribution in [3.63, 3.8) is 0 Å². The third kappa shape index (κ3) is 3.63. The van der Waals surface area contributed by atoms with Gasteiger partial charge in [0.15, 0.2) is 0 Å². The average Bonchev–Trinajstić information content (AvgIpc) is 2.28. The van der Waals surface area contributed by atoms with Crippen LogP contribution in [0.1, 0.15) is 17.5 Å². The van der Waals surface area contributed by atoms with Gasteiger partial charge in [0, 0.05) is 5.56 Å². The Morgan fingerprint density at radius 2 is 1.94 bits per heavy atom. The van der Waals surface area contributed by atoms with Gasteiger partial charge in [-0.05, 0) is 25.5 Å². The van der Waals surface area contributed by atoms with Gasteiger partial charge in [0.05, 0.1) is 17.9 Å². The molecule has 0 bridgehead atoms. The number of phenolic OH excluding ortho intramolecular Hbond substituents is 1. The maximum absolute atomic E-state index is 11.6. The van der Waals surface area contributed by atoms with Gasteiger partial charge in [-0.3, -0.25) is 9.52 Å². The molecular weight excluding hydrogens is 258 g/mol. The van der Waals surface area contributed by atoms with E-state index >= 15 is 0 Å². The minimum absolute atomic E-state index is 0.0217. The molecule has 1 aromatic rings. The lowest BCUT2D eigenvalue weighted by Crippen LogP contribution is -2.19. The first-order valence-electron chi connectivity index (χ1n) is 5.24. The van der Waals surface area contributed by atoms with Crippen molar-refractivity contribution in [2.75, 3.05) is 10.5 Å². The van der Waals surface area contributed by atoms with Crippen LogP contribution in [0.2, 0.25) is 0 Å². The van der Waals surface area contributed by atoms with Crippen LogP contribution in [0.25, 0.3) is 0 Å². The summed E-state index contributed by atoms with van der Waals surface area (Å²) < 4.78 is 25.5. The number of aryl methyl sites for hydroxylation is 1. The summed E-state index contributed by atoms with van der Waals surface area (Å²) in [5.74, 6) is -1.66. The number of benzene rings is 1. The van der Waals surface area contributed by atoms with Crippen LogP contribution in [0, 0.1) is 13.8 Å². The van der Waals surface area contributed by atoms with Crippen LogP contribution in [0.4, 0.5) is 5.69 Å². The Bertz CT molecular complexity index is 565. The maximum Gasteiger partial charge on any atom is 0.304 e. The minimum atomic E-state index is -3.72. The van der Waals surface area contributed by atoms with E-state index < -0.39 is 28.2 Å². The van der Waals surface area contributed by atoms with E-state index in [9.17, 15) is 18.3 Å². The molecule has 0 aliphatic carbocycles. The highest BCUT2D eigenvalue weighted by molar-refractivity contribution is 7.92. The lowest BCUT2D eigenvalue weighted by atomic mass is 10.1. The van der Waals surface area contributed by atoms with E-state index in [0.29, 0.717) is 11.1 Å². The zero-order valence-electron chi connectivity index (χ0n) is 10.1. The summed E-state index contributed by atoms with van der Waals surface area (Å²) in [5, 5.41) is 18.1. The van der Waals surface area contributed by atoms with Crippen LogP contribution in [-0.2, 0) is 14.8 Å². The number of anilines is 1. The minimum Gasteiger partial charge on any atom is -0.507 e. The molecule has 0 saturated heterocycles. The van der Waals surface area contributed by atoms with Crippen LogP contribution in [0.3, 0.4) is 0 Å². The molecule has 0 radical (unpaired) electrons. The number of carboxylic acid groups (broad SMARTS) is 1. The quantitative estimate of drug-likeness (QED) is 0.748. The fourth-order valence-electron chi connectivity index (χ4n) is 1.39. The Morgan fingerprint density at radius 3 is 2.50 bits per heavy atom. The number of rotatable bonds is 5. The van der Waals surface area contributed by atoms with Crippen LogP contribution < -0.4 is 4.72 Å². The van der Waals surface area contributed by atoms with Crippen molar-refractivity contribution >= 4 is 21.7 Å². The second-order valence-electron chi connectivity index (χ2n) is 3.97. The van der Waals surface area contributed by atoms with E-state index in [1.165, 1.54) is 6.07 Å². The van der Waals surface area contributed by atoms with E-state index in [2.05, 4.69) is 4.72 Å². The SMILES string of the molecule is Cc1ccc(NS(=O)(=O)CCC(=O)O)c(C)c1O. The fraction of sp³-hybridized carbons (Fsp3) is 0.364. The molecule has 6 nitrogen and oxygen atoms in total. The Morgan fingerprint density at radius 1 is 1.33 bits per heavy atom. The third-order valence-electron chi connectivity index (χ3n) is 2.48. The molecular formula is C11H15NO5S. The van der Waals surface area contributed by atoms with Crippen LogP contribution in [0.5, 0.6) is 5.75 Å². The summed E-state index contributed by atoms with van der Waals surface area (Å²) in [4.78, 5) is 10.3. The molecule has 100 valence electrons. The molecule has 0 aliphatic rings. The first kappa shape index (κ1) is 14.3. The van der Waals surface area contributed by atoms with Gasteiger partial charge in [-0.1, -0.05) is 6.07 Å². The first-order chi connectivity index (χ1) is 8.23. The zero-order valence-corrected chi connectivity index (χ0v) is 10.9. The monoisotopic (exact) mass is 273 g/mol. The number of hydrogen-bond acceptors (Lipinski definition) is 4. The second kappa shape index (κ2) is 5.26. The summed E-state index contributed by atoms with van der Waals surface area (Å²) in [5.41, 5.74) is 1.30. The molecule has 0 heterocycles. The molecule has 0 spiro atoms. The summed E-state index contributed by atoms with van der Waals surface area (Å²) in [6, 6.07) is 3.11. The number of carboxylic acids is 1. The highest BCUT2D eigenvalue weighted by Crippen LogP contribution is 2.28. The number of aliphatic carboxylic acids is 1. The Hall–Kier alpha value is -1.76. The average molecular weight is 273 g/mol. The van der Waals surface area contributed by atoms with Crippen LogP contribution >= 0.6 is 0 Å². The smallest absolute Gasteiger partial charge is 0.304 e. The Kier molecular flexibility index (Phi) is 4.18. The highest BCUT2D eigenvalue weighted by Gasteiger charge is 2.15. The van der Waals surface area contributed by atoms with Gasteiger partial charge in [-0.15, -0.1) is 0 Å². The molecule has 0 unspecified atom stereocenters. The van der Waals surface area contributed by atoms with E-state index in [1.54, 1.807) is 19.9 Å². The van der Waals surface area contributed by atoms with Crippen molar-refractivity contribution in [1.82, 2.24) is 0 Å². The molecule has 1 aromatic carbocycles. The number of nitrogens with one attached hydrogen (secondary N) is 1. The summed E-state index contributed by atoms with van der Waals surface area (Å²) in [6.07, 6.45) is -0.466. The maximum atomic E-state index is 11.6. The number of hydrogen-bond donors (Lipinski definition) is 3. The topological polar surface area (TPSA) is 104 Å². The molecule has 0 amide bonds. The van der Waals surface area contributed by atoms with Crippen molar-refractivity contribution in [2.24, 2.45) is 0 Å². The van der Waals surface area contributed by atoms with E-state index in [4.69, 9.17) is 5.11 Å². The second-order valence-corrected chi connectivity index (χ2v) is 5.81. The van der Waals surface area contributed by atoms with Gasteiger partial charge >= 0.3 is 5.97 Å².